The lowest BCUT2D eigenvalue weighted by Crippen LogP contribution is -2.46. The summed E-state index contributed by atoms with van der Waals surface area (Å²) in [6.07, 6.45) is 5.82. The van der Waals surface area contributed by atoms with E-state index in [1.807, 2.05) is 0 Å². The zero-order valence-electron chi connectivity index (χ0n) is 10.7. The van der Waals surface area contributed by atoms with Crippen LogP contribution in [0.2, 0.25) is 0 Å². The summed E-state index contributed by atoms with van der Waals surface area (Å²) in [5.41, 5.74) is 0. The maximum absolute atomic E-state index is 11.9. The summed E-state index contributed by atoms with van der Waals surface area (Å²) in [7, 11) is 0. The first-order valence-electron chi connectivity index (χ1n) is 6.92. The van der Waals surface area contributed by atoms with E-state index in [1.54, 1.807) is 0 Å². The summed E-state index contributed by atoms with van der Waals surface area (Å²) in [5.74, 6) is 1.85. The minimum atomic E-state index is 0. The molecule has 4 atom stereocenters. The minimum Gasteiger partial charge on any atom is -0.378 e. The lowest BCUT2D eigenvalue weighted by atomic mass is 9.95. The first-order valence-corrected chi connectivity index (χ1v) is 6.92. The fraction of sp³-hybridized carbons (Fsp3) is 0.923. The van der Waals surface area contributed by atoms with Gasteiger partial charge in [0.25, 0.3) is 0 Å². The number of amides is 1. The normalized spacial score (nSPS) is 38.2. The van der Waals surface area contributed by atoms with Gasteiger partial charge >= 0.3 is 0 Å². The standard InChI is InChI=1S/C13H22N2O2.ClH/c16-13(7-11-8-17-4-3-14-11)15-12-6-9-1-2-10(12)5-9;/h9-12,14H,1-8H2,(H,15,16);1H. The summed E-state index contributed by atoms with van der Waals surface area (Å²) in [5, 5.41) is 6.55. The third-order valence-corrected chi connectivity index (χ3v) is 4.51. The molecule has 1 heterocycles. The highest BCUT2D eigenvalue weighted by molar-refractivity contribution is 5.85. The summed E-state index contributed by atoms with van der Waals surface area (Å²) < 4.78 is 5.36. The van der Waals surface area contributed by atoms with E-state index in [4.69, 9.17) is 4.74 Å². The van der Waals surface area contributed by atoms with Gasteiger partial charge in [-0.05, 0) is 31.1 Å². The van der Waals surface area contributed by atoms with E-state index in [9.17, 15) is 4.79 Å². The van der Waals surface area contributed by atoms with Crippen LogP contribution >= 0.6 is 12.4 Å². The largest absolute Gasteiger partial charge is 0.378 e. The van der Waals surface area contributed by atoms with E-state index in [-0.39, 0.29) is 24.4 Å². The van der Waals surface area contributed by atoms with Crippen molar-refractivity contribution in [3.63, 3.8) is 0 Å². The van der Waals surface area contributed by atoms with Crippen LogP contribution in [0.3, 0.4) is 0 Å². The van der Waals surface area contributed by atoms with Gasteiger partial charge in [-0.1, -0.05) is 6.42 Å². The quantitative estimate of drug-likeness (QED) is 0.810. The molecule has 0 aromatic carbocycles. The first kappa shape index (κ1) is 14.1. The van der Waals surface area contributed by atoms with Gasteiger partial charge in [-0.25, -0.2) is 0 Å². The number of morpholine rings is 1. The van der Waals surface area contributed by atoms with Gasteiger partial charge in [0.2, 0.25) is 5.91 Å². The SMILES string of the molecule is Cl.O=C(CC1COCCN1)NC1CC2CCC1C2. The van der Waals surface area contributed by atoms with Gasteiger partial charge in [-0.3, -0.25) is 4.79 Å². The molecular weight excluding hydrogens is 252 g/mol. The van der Waals surface area contributed by atoms with Gasteiger partial charge in [-0.2, -0.15) is 0 Å². The molecule has 104 valence electrons. The molecule has 5 heteroatoms. The third kappa shape index (κ3) is 3.16. The molecule has 4 nitrogen and oxygen atoms in total. The molecule has 4 unspecified atom stereocenters. The fourth-order valence-corrected chi connectivity index (χ4v) is 3.66. The minimum absolute atomic E-state index is 0. The second-order valence-corrected chi connectivity index (χ2v) is 5.78. The summed E-state index contributed by atoms with van der Waals surface area (Å²) in [4.78, 5) is 11.9. The highest BCUT2D eigenvalue weighted by Gasteiger charge is 2.40. The topological polar surface area (TPSA) is 50.4 Å². The monoisotopic (exact) mass is 274 g/mol. The summed E-state index contributed by atoms with van der Waals surface area (Å²) >= 11 is 0. The number of hydrogen-bond acceptors (Lipinski definition) is 3. The fourth-order valence-electron chi connectivity index (χ4n) is 3.66. The Hall–Kier alpha value is -0.320. The smallest absolute Gasteiger partial charge is 0.221 e. The molecule has 0 radical (unpaired) electrons. The van der Waals surface area contributed by atoms with Gasteiger partial charge < -0.3 is 15.4 Å². The predicted molar refractivity (Wildman–Crippen MR) is 71.9 cm³/mol. The van der Waals surface area contributed by atoms with Crippen molar-refractivity contribution < 1.29 is 9.53 Å². The van der Waals surface area contributed by atoms with Crippen molar-refractivity contribution in [3.05, 3.63) is 0 Å². The molecule has 2 aliphatic carbocycles. The van der Waals surface area contributed by atoms with Crippen molar-refractivity contribution in [3.8, 4) is 0 Å². The van der Waals surface area contributed by atoms with E-state index in [1.165, 1.54) is 25.7 Å². The zero-order chi connectivity index (χ0) is 11.7. The van der Waals surface area contributed by atoms with E-state index >= 15 is 0 Å². The molecular formula is C13H23ClN2O2. The van der Waals surface area contributed by atoms with Crippen molar-refractivity contribution >= 4 is 18.3 Å². The Labute approximate surface area is 115 Å². The molecule has 1 aliphatic heterocycles. The molecule has 3 aliphatic rings. The van der Waals surface area contributed by atoms with Crippen molar-refractivity contribution in [1.82, 2.24) is 10.6 Å². The van der Waals surface area contributed by atoms with E-state index in [2.05, 4.69) is 10.6 Å². The van der Waals surface area contributed by atoms with Crippen molar-refractivity contribution in [1.29, 1.82) is 0 Å². The van der Waals surface area contributed by atoms with E-state index in [0.717, 1.165) is 25.0 Å². The molecule has 3 rings (SSSR count). The van der Waals surface area contributed by atoms with Crippen molar-refractivity contribution in [2.75, 3.05) is 19.8 Å². The summed E-state index contributed by atoms with van der Waals surface area (Å²) in [6, 6.07) is 0.674. The van der Waals surface area contributed by atoms with Crippen LogP contribution in [-0.4, -0.2) is 37.7 Å². The summed E-state index contributed by atoms with van der Waals surface area (Å²) in [6.45, 7) is 2.31. The molecule has 2 N–H and O–H groups in total. The molecule has 2 saturated carbocycles. The molecule has 1 saturated heterocycles. The van der Waals surface area contributed by atoms with Crippen LogP contribution in [0.5, 0.6) is 0 Å². The molecule has 2 bridgehead atoms. The number of hydrogen-bond donors (Lipinski definition) is 2. The lowest BCUT2D eigenvalue weighted by molar-refractivity contribution is -0.123. The van der Waals surface area contributed by atoms with Crippen molar-refractivity contribution in [2.45, 2.75) is 44.2 Å². The second kappa shape index (κ2) is 6.22. The van der Waals surface area contributed by atoms with Gasteiger partial charge in [0.1, 0.15) is 0 Å². The molecule has 0 aromatic rings. The number of rotatable bonds is 3. The van der Waals surface area contributed by atoms with Crippen LogP contribution in [0.25, 0.3) is 0 Å². The Kier molecular flexibility index (Phi) is 4.87. The van der Waals surface area contributed by atoms with Crippen LogP contribution < -0.4 is 10.6 Å². The number of carbonyl (C=O) groups excluding carboxylic acids is 1. The van der Waals surface area contributed by atoms with Gasteiger partial charge in [0.05, 0.1) is 13.2 Å². The van der Waals surface area contributed by atoms with Crippen LogP contribution in [-0.2, 0) is 9.53 Å². The number of halogens is 1. The Morgan fingerprint density at radius 2 is 2.22 bits per heavy atom. The zero-order valence-corrected chi connectivity index (χ0v) is 11.5. The van der Waals surface area contributed by atoms with Gasteiger partial charge in [0.15, 0.2) is 0 Å². The third-order valence-electron chi connectivity index (χ3n) is 4.51. The Balaban J connectivity index is 0.00000120. The van der Waals surface area contributed by atoms with Crippen LogP contribution in [0.4, 0.5) is 0 Å². The number of ether oxygens (including phenoxy) is 1. The second-order valence-electron chi connectivity index (χ2n) is 5.78. The lowest BCUT2D eigenvalue weighted by Gasteiger charge is -2.26. The van der Waals surface area contributed by atoms with Crippen LogP contribution in [0.15, 0.2) is 0 Å². The number of carbonyl (C=O) groups is 1. The molecule has 1 amide bonds. The average Bonchev–Trinajstić information content (AvgIpc) is 2.92. The average molecular weight is 275 g/mol. The Morgan fingerprint density at radius 3 is 2.83 bits per heavy atom. The van der Waals surface area contributed by atoms with Gasteiger partial charge in [0, 0.05) is 25.0 Å². The molecule has 0 spiro atoms. The maximum Gasteiger partial charge on any atom is 0.221 e. The van der Waals surface area contributed by atoms with Crippen molar-refractivity contribution in [2.24, 2.45) is 11.8 Å². The predicted octanol–water partition coefficient (Wildman–Crippen LogP) is 1.09. The maximum atomic E-state index is 11.9. The molecule has 18 heavy (non-hydrogen) atoms. The number of fused-ring (bicyclic) bond motifs is 2. The van der Waals surface area contributed by atoms with Gasteiger partial charge in [-0.15, -0.1) is 12.4 Å². The Bertz CT molecular complexity index is 295. The van der Waals surface area contributed by atoms with Crippen LogP contribution in [0.1, 0.15) is 32.1 Å². The Morgan fingerprint density at radius 1 is 1.33 bits per heavy atom. The van der Waals surface area contributed by atoms with E-state index < -0.39 is 0 Å². The first-order chi connectivity index (χ1) is 8.31. The molecule has 0 aromatic heterocycles. The highest BCUT2D eigenvalue weighted by atomic mass is 35.5. The molecule has 3 fully saturated rings. The highest BCUT2D eigenvalue weighted by Crippen LogP contribution is 2.44. The number of nitrogens with one attached hydrogen (secondary N) is 2. The van der Waals surface area contributed by atoms with Crippen LogP contribution in [0, 0.1) is 11.8 Å². The van der Waals surface area contributed by atoms with E-state index in [0.29, 0.717) is 19.1 Å².